The number of carbonyl (C=O) groups is 2. The highest BCUT2D eigenvalue weighted by atomic mass is 35.5. The van der Waals surface area contributed by atoms with Crippen molar-refractivity contribution in [2.45, 2.75) is 26.5 Å². The van der Waals surface area contributed by atoms with Crippen molar-refractivity contribution < 1.29 is 19.1 Å². The molecule has 0 saturated heterocycles. The lowest BCUT2D eigenvalue weighted by molar-refractivity contribution is -0.150. The molecule has 0 spiro atoms. The molecule has 2 aromatic carbocycles. The number of hydrogen-bond donors (Lipinski definition) is 1. The summed E-state index contributed by atoms with van der Waals surface area (Å²) in [5.74, 6) is -0.219. The smallest absolute Gasteiger partial charge is 0.331 e. The van der Waals surface area contributed by atoms with Crippen molar-refractivity contribution in [1.29, 1.82) is 0 Å². The first kappa shape index (κ1) is 20.5. The van der Waals surface area contributed by atoms with Gasteiger partial charge in [-0.1, -0.05) is 41.9 Å². The van der Waals surface area contributed by atoms with Crippen molar-refractivity contribution >= 4 is 29.6 Å². The lowest BCUT2D eigenvalue weighted by atomic mass is 10.2. The van der Waals surface area contributed by atoms with Crippen molar-refractivity contribution in [2.24, 2.45) is 0 Å². The van der Waals surface area contributed by atoms with Gasteiger partial charge in [-0.3, -0.25) is 4.79 Å². The lowest BCUT2D eigenvalue weighted by Gasteiger charge is -2.13. The van der Waals surface area contributed by atoms with E-state index in [1.165, 1.54) is 13.0 Å². The molecule has 0 bridgehead atoms. The number of ether oxygens (including phenoxy) is 2. The zero-order chi connectivity index (χ0) is 19.6. The van der Waals surface area contributed by atoms with Crippen LogP contribution in [0, 0.1) is 0 Å². The summed E-state index contributed by atoms with van der Waals surface area (Å²) in [7, 11) is 0. The Morgan fingerprint density at radius 3 is 2.52 bits per heavy atom. The highest BCUT2D eigenvalue weighted by molar-refractivity contribution is 6.31. The number of amides is 1. The van der Waals surface area contributed by atoms with E-state index in [0.29, 0.717) is 11.6 Å². The largest absolute Gasteiger partial charge is 0.494 e. The van der Waals surface area contributed by atoms with Crippen molar-refractivity contribution in [3.05, 3.63) is 70.8 Å². The van der Waals surface area contributed by atoms with Crippen LogP contribution in [0.5, 0.6) is 5.75 Å². The first-order valence-corrected chi connectivity index (χ1v) is 9.00. The van der Waals surface area contributed by atoms with Gasteiger partial charge < -0.3 is 14.8 Å². The fourth-order valence-electron chi connectivity index (χ4n) is 2.24. The Bertz CT molecular complexity index is 802. The van der Waals surface area contributed by atoms with E-state index in [4.69, 9.17) is 21.1 Å². The molecular weight excluding hydrogens is 366 g/mol. The first-order valence-electron chi connectivity index (χ1n) is 8.62. The van der Waals surface area contributed by atoms with Gasteiger partial charge in [0.25, 0.3) is 5.91 Å². The second kappa shape index (κ2) is 10.4. The van der Waals surface area contributed by atoms with Gasteiger partial charge in [-0.15, -0.1) is 0 Å². The van der Waals surface area contributed by atoms with Crippen LogP contribution in [0.15, 0.2) is 54.6 Å². The summed E-state index contributed by atoms with van der Waals surface area (Å²) in [5.41, 5.74) is 1.62. The summed E-state index contributed by atoms with van der Waals surface area (Å²) in [6, 6.07) is 14.5. The minimum atomic E-state index is -0.912. The van der Waals surface area contributed by atoms with Crippen LogP contribution >= 0.6 is 11.6 Å². The number of carbonyl (C=O) groups excluding carboxylic acids is 2. The minimum absolute atomic E-state index is 0.266. The number of esters is 1. The van der Waals surface area contributed by atoms with E-state index in [-0.39, 0.29) is 6.54 Å². The first-order chi connectivity index (χ1) is 13.0. The average Bonchev–Trinajstić information content (AvgIpc) is 2.66. The fourth-order valence-corrected chi connectivity index (χ4v) is 2.44. The van der Waals surface area contributed by atoms with Crippen LogP contribution in [-0.2, 0) is 20.9 Å². The third-order valence-electron chi connectivity index (χ3n) is 3.68. The summed E-state index contributed by atoms with van der Waals surface area (Å²) in [6.07, 6.45) is 1.99. The predicted molar refractivity (Wildman–Crippen MR) is 105 cm³/mol. The molecule has 0 aliphatic carbocycles. The number of hydrogen-bond acceptors (Lipinski definition) is 4. The molecule has 1 N–H and O–H groups in total. The SMILES string of the molecule is CCOc1ccc(/C=C/C(=O)O[C@H](C)C(=O)NCc2ccccc2Cl)cc1. The second-order valence-corrected chi connectivity index (χ2v) is 6.13. The topological polar surface area (TPSA) is 64.6 Å². The van der Waals surface area contributed by atoms with Crippen LogP contribution in [-0.4, -0.2) is 24.6 Å². The van der Waals surface area contributed by atoms with Crippen LogP contribution in [0.1, 0.15) is 25.0 Å². The van der Waals surface area contributed by atoms with Crippen LogP contribution in [0.2, 0.25) is 5.02 Å². The van der Waals surface area contributed by atoms with E-state index in [2.05, 4.69) is 5.32 Å². The Hall–Kier alpha value is -2.79. The molecule has 0 fully saturated rings. The third kappa shape index (κ3) is 6.79. The van der Waals surface area contributed by atoms with E-state index in [1.807, 2.05) is 49.4 Å². The molecule has 27 heavy (non-hydrogen) atoms. The molecule has 142 valence electrons. The Balaban J connectivity index is 1.81. The maximum absolute atomic E-state index is 12.1. The quantitative estimate of drug-likeness (QED) is 0.549. The van der Waals surface area contributed by atoms with Gasteiger partial charge in [-0.2, -0.15) is 0 Å². The molecule has 0 aliphatic rings. The van der Waals surface area contributed by atoms with Gasteiger partial charge >= 0.3 is 5.97 Å². The molecule has 0 aromatic heterocycles. The van der Waals surface area contributed by atoms with E-state index in [9.17, 15) is 9.59 Å². The van der Waals surface area contributed by atoms with E-state index >= 15 is 0 Å². The molecule has 2 rings (SSSR count). The van der Waals surface area contributed by atoms with Crippen LogP contribution in [0.25, 0.3) is 6.08 Å². The van der Waals surface area contributed by atoms with Gasteiger partial charge in [-0.05, 0) is 49.2 Å². The highest BCUT2D eigenvalue weighted by Crippen LogP contribution is 2.15. The molecule has 1 amide bonds. The maximum atomic E-state index is 12.1. The zero-order valence-electron chi connectivity index (χ0n) is 15.3. The fraction of sp³-hybridized carbons (Fsp3) is 0.238. The van der Waals surface area contributed by atoms with E-state index < -0.39 is 18.0 Å². The Kier molecular flexibility index (Phi) is 7.89. The van der Waals surface area contributed by atoms with Crippen LogP contribution in [0.3, 0.4) is 0 Å². The van der Waals surface area contributed by atoms with Gasteiger partial charge in [0.1, 0.15) is 5.75 Å². The van der Waals surface area contributed by atoms with Gasteiger partial charge in [0.05, 0.1) is 6.61 Å². The van der Waals surface area contributed by atoms with Crippen LogP contribution in [0.4, 0.5) is 0 Å². The highest BCUT2D eigenvalue weighted by Gasteiger charge is 2.16. The van der Waals surface area contributed by atoms with Crippen molar-refractivity contribution in [1.82, 2.24) is 5.32 Å². The van der Waals surface area contributed by atoms with Gasteiger partial charge in [-0.25, -0.2) is 4.79 Å². The Morgan fingerprint density at radius 1 is 1.15 bits per heavy atom. The molecule has 0 unspecified atom stereocenters. The monoisotopic (exact) mass is 387 g/mol. The summed E-state index contributed by atoms with van der Waals surface area (Å²) in [6.45, 7) is 4.29. The van der Waals surface area contributed by atoms with Gasteiger partial charge in [0, 0.05) is 17.6 Å². The van der Waals surface area contributed by atoms with Crippen molar-refractivity contribution in [2.75, 3.05) is 6.61 Å². The number of halogens is 1. The van der Waals surface area contributed by atoms with E-state index in [0.717, 1.165) is 16.9 Å². The Morgan fingerprint density at radius 2 is 1.85 bits per heavy atom. The molecular formula is C21H22ClNO4. The van der Waals surface area contributed by atoms with Crippen LogP contribution < -0.4 is 10.1 Å². The summed E-state index contributed by atoms with van der Waals surface area (Å²) >= 11 is 6.04. The third-order valence-corrected chi connectivity index (χ3v) is 4.04. The summed E-state index contributed by atoms with van der Waals surface area (Å²) in [4.78, 5) is 24.0. The predicted octanol–water partition coefficient (Wildman–Crippen LogP) is 4.00. The molecule has 5 nitrogen and oxygen atoms in total. The number of benzene rings is 2. The minimum Gasteiger partial charge on any atom is -0.494 e. The molecule has 0 radical (unpaired) electrons. The molecule has 1 atom stereocenters. The van der Waals surface area contributed by atoms with Crippen molar-refractivity contribution in [3.8, 4) is 5.75 Å². The normalized spacial score (nSPS) is 11.8. The van der Waals surface area contributed by atoms with Gasteiger partial charge in [0.15, 0.2) is 6.10 Å². The van der Waals surface area contributed by atoms with E-state index in [1.54, 1.807) is 12.1 Å². The van der Waals surface area contributed by atoms with Gasteiger partial charge in [0.2, 0.25) is 0 Å². The maximum Gasteiger partial charge on any atom is 0.331 e. The number of nitrogens with one attached hydrogen (secondary N) is 1. The summed E-state index contributed by atoms with van der Waals surface area (Å²) in [5, 5.41) is 3.27. The molecule has 0 saturated carbocycles. The number of rotatable bonds is 8. The zero-order valence-corrected chi connectivity index (χ0v) is 16.0. The lowest BCUT2D eigenvalue weighted by Crippen LogP contribution is -2.35. The standard InChI is InChI=1S/C21H22ClNO4/c1-3-26-18-11-8-16(9-12-18)10-13-20(24)27-15(2)21(25)23-14-17-6-4-5-7-19(17)22/h4-13,15H,3,14H2,1-2H3,(H,23,25)/b13-10+/t15-/m1/s1. The van der Waals surface area contributed by atoms with Crippen molar-refractivity contribution in [3.63, 3.8) is 0 Å². The molecule has 0 heterocycles. The Labute approximate surface area is 163 Å². The average molecular weight is 388 g/mol. The molecule has 6 heteroatoms. The molecule has 2 aromatic rings. The molecule has 0 aliphatic heterocycles. The summed E-state index contributed by atoms with van der Waals surface area (Å²) < 4.78 is 10.5. The second-order valence-electron chi connectivity index (χ2n) is 5.72.